The Balaban J connectivity index is 1.84. The number of nitrogens with one attached hydrogen (secondary N) is 1. The third-order valence-corrected chi connectivity index (χ3v) is 3.52. The molecule has 0 radical (unpaired) electrons. The summed E-state index contributed by atoms with van der Waals surface area (Å²) in [5, 5.41) is 4.64. The quantitative estimate of drug-likeness (QED) is 0.775. The molecule has 0 aliphatic heterocycles. The van der Waals surface area contributed by atoms with Gasteiger partial charge in [0.2, 0.25) is 0 Å². The first kappa shape index (κ1) is 14.1. The third-order valence-electron chi connectivity index (χ3n) is 3.52. The molecule has 0 atom stereocenters. The summed E-state index contributed by atoms with van der Waals surface area (Å²) in [6.45, 7) is 11.6. The Morgan fingerprint density at radius 3 is 2.68 bits per heavy atom. The summed E-state index contributed by atoms with van der Waals surface area (Å²) in [6.07, 6.45) is 0. The van der Waals surface area contributed by atoms with Crippen LogP contribution in [0, 0.1) is 6.92 Å². The Hall–Kier alpha value is -1.32. The van der Waals surface area contributed by atoms with Crippen LogP contribution in [0.3, 0.4) is 0 Å². The maximum absolute atomic E-state index is 5.81. The van der Waals surface area contributed by atoms with Gasteiger partial charge in [0.15, 0.2) is 0 Å². The molecule has 1 N–H and O–H groups in total. The molecule has 19 heavy (non-hydrogen) atoms. The van der Waals surface area contributed by atoms with Crippen molar-refractivity contribution in [1.29, 1.82) is 0 Å². The standard InChI is InChI=1S/C16H24N2O/c1-4-18(5-2)9-8-17-12-15-11-14-10-13(3)6-7-16(14)19-15/h6-7,10-11,17H,4-5,8-9,12H2,1-3H3. The van der Waals surface area contributed by atoms with E-state index in [0.29, 0.717) is 0 Å². The zero-order valence-corrected chi connectivity index (χ0v) is 12.2. The molecule has 104 valence electrons. The summed E-state index contributed by atoms with van der Waals surface area (Å²) in [5.74, 6) is 1.01. The Morgan fingerprint density at radius 1 is 1.16 bits per heavy atom. The van der Waals surface area contributed by atoms with Crippen molar-refractivity contribution < 1.29 is 4.42 Å². The summed E-state index contributed by atoms with van der Waals surface area (Å²) in [4.78, 5) is 2.41. The van der Waals surface area contributed by atoms with Crippen LogP contribution in [0.4, 0.5) is 0 Å². The van der Waals surface area contributed by atoms with Gasteiger partial charge < -0.3 is 14.6 Å². The Bertz CT molecular complexity index is 514. The van der Waals surface area contributed by atoms with Gasteiger partial charge in [-0.3, -0.25) is 0 Å². The normalized spacial score (nSPS) is 11.6. The van der Waals surface area contributed by atoms with Crippen molar-refractivity contribution in [2.75, 3.05) is 26.2 Å². The summed E-state index contributed by atoms with van der Waals surface area (Å²) in [5.41, 5.74) is 2.25. The lowest BCUT2D eigenvalue weighted by Crippen LogP contribution is -2.31. The molecule has 1 aromatic carbocycles. The summed E-state index contributed by atoms with van der Waals surface area (Å²) < 4.78 is 5.81. The second-order valence-electron chi connectivity index (χ2n) is 4.96. The SMILES string of the molecule is CCN(CC)CCNCc1cc2cc(C)ccc2o1. The van der Waals surface area contributed by atoms with Crippen LogP contribution in [0.2, 0.25) is 0 Å². The number of hydrogen-bond acceptors (Lipinski definition) is 3. The fourth-order valence-electron chi connectivity index (χ4n) is 2.29. The van der Waals surface area contributed by atoms with E-state index in [1.54, 1.807) is 0 Å². The van der Waals surface area contributed by atoms with Gasteiger partial charge in [0.05, 0.1) is 6.54 Å². The van der Waals surface area contributed by atoms with Crippen LogP contribution < -0.4 is 5.32 Å². The van der Waals surface area contributed by atoms with Crippen LogP contribution in [-0.4, -0.2) is 31.1 Å². The van der Waals surface area contributed by atoms with Gasteiger partial charge in [0.1, 0.15) is 11.3 Å². The Labute approximate surface area is 115 Å². The maximum atomic E-state index is 5.81. The zero-order chi connectivity index (χ0) is 13.7. The first-order valence-corrected chi connectivity index (χ1v) is 7.15. The van der Waals surface area contributed by atoms with Gasteiger partial charge in [-0.2, -0.15) is 0 Å². The fourth-order valence-corrected chi connectivity index (χ4v) is 2.29. The number of benzene rings is 1. The molecule has 0 saturated heterocycles. The topological polar surface area (TPSA) is 28.4 Å². The van der Waals surface area contributed by atoms with Crippen molar-refractivity contribution in [3.63, 3.8) is 0 Å². The molecule has 0 fully saturated rings. The van der Waals surface area contributed by atoms with Crippen LogP contribution >= 0.6 is 0 Å². The van der Waals surface area contributed by atoms with Gasteiger partial charge in [-0.15, -0.1) is 0 Å². The number of likely N-dealkylation sites (N-methyl/N-ethyl adjacent to an activating group) is 1. The molecule has 1 heterocycles. The van der Waals surface area contributed by atoms with E-state index in [1.165, 1.54) is 10.9 Å². The highest BCUT2D eigenvalue weighted by Crippen LogP contribution is 2.20. The van der Waals surface area contributed by atoms with Crippen molar-refractivity contribution in [1.82, 2.24) is 10.2 Å². The van der Waals surface area contributed by atoms with E-state index in [9.17, 15) is 0 Å². The van der Waals surface area contributed by atoms with Crippen molar-refractivity contribution in [3.05, 3.63) is 35.6 Å². The van der Waals surface area contributed by atoms with Crippen molar-refractivity contribution in [3.8, 4) is 0 Å². The van der Waals surface area contributed by atoms with Gasteiger partial charge in [-0.1, -0.05) is 25.5 Å². The van der Waals surface area contributed by atoms with E-state index in [1.807, 2.05) is 6.07 Å². The van der Waals surface area contributed by atoms with Crippen molar-refractivity contribution in [2.24, 2.45) is 0 Å². The molecule has 3 heteroatoms. The molecule has 0 aliphatic carbocycles. The number of rotatable bonds is 7. The Kier molecular flexibility index (Phi) is 5.00. The maximum Gasteiger partial charge on any atom is 0.134 e. The lowest BCUT2D eigenvalue weighted by atomic mass is 10.2. The second kappa shape index (κ2) is 6.73. The number of furan rings is 1. The summed E-state index contributed by atoms with van der Waals surface area (Å²) >= 11 is 0. The van der Waals surface area contributed by atoms with Gasteiger partial charge in [-0.25, -0.2) is 0 Å². The molecule has 3 nitrogen and oxygen atoms in total. The van der Waals surface area contributed by atoms with Crippen molar-refractivity contribution in [2.45, 2.75) is 27.3 Å². The van der Waals surface area contributed by atoms with E-state index < -0.39 is 0 Å². The fraction of sp³-hybridized carbons (Fsp3) is 0.500. The highest BCUT2D eigenvalue weighted by atomic mass is 16.3. The van der Waals surface area contributed by atoms with Crippen LogP contribution in [-0.2, 0) is 6.54 Å². The molecule has 0 aliphatic rings. The summed E-state index contributed by atoms with van der Waals surface area (Å²) in [6, 6.07) is 8.43. The van der Waals surface area contributed by atoms with Gasteiger partial charge >= 0.3 is 0 Å². The first-order chi connectivity index (χ1) is 9.22. The predicted molar refractivity (Wildman–Crippen MR) is 80.4 cm³/mol. The minimum atomic E-state index is 0.801. The van der Waals surface area contributed by atoms with E-state index in [-0.39, 0.29) is 0 Å². The van der Waals surface area contributed by atoms with Gasteiger partial charge in [-0.05, 0) is 38.2 Å². The number of nitrogens with zero attached hydrogens (tertiary/aromatic N) is 1. The average Bonchev–Trinajstić information content (AvgIpc) is 2.80. The molecular weight excluding hydrogens is 236 g/mol. The minimum absolute atomic E-state index is 0.801. The van der Waals surface area contributed by atoms with E-state index >= 15 is 0 Å². The monoisotopic (exact) mass is 260 g/mol. The lowest BCUT2D eigenvalue weighted by molar-refractivity contribution is 0.300. The largest absolute Gasteiger partial charge is 0.460 e. The molecule has 0 spiro atoms. The zero-order valence-electron chi connectivity index (χ0n) is 12.2. The van der Waals surface area contributed by atoms with Crippen LogP contribution in [0.5, 0.6) is 0 Å². The molecule has 0 bridgehead atoms. The average molecular weight is 260 g/mol. The molecule has 2 rings (SSSR count). The first-order valence-electron chi connectivity index (χ1n) is 7.15. The van der Waals surface area contributed by atoms with E-state index in [0.717, 1.165) is 44.1 Å². The van der Waals surface area contributed by atoms with Crippen molar-refractivity contribution >= 4 is 11.0 Å². The van der Waals surface area contributed by atoms with E-state index in [4.69, 9.17) is 4.42 Å². The minimum Gasteiger partial charge on any atom is -0.460 e. The highest BCUT2D eigenvalue weighted by molar-refractivity contribution is 5.78. The number of fused-ring (bicyclic) bond motifs is 1. The molecule has 0 saturated carbocycles. The third kappa shape index (κ3) is 3.82. The highest BCUT2D eigenvalue weighted by Gasteiger charge is 2.04. The summed E-state index contributed by atoms with van der Waals surface area (Å²) in [7, 11) is 0. The van der Waals surface area contributed by atoms with Crippen LogP contribution in [0.1, 0.15) is 25.2 Å². The molecule has 2 aromatic rings. The predicted octanol–water partition coefficient (Wildman–Crippen LogP) is 3.17. The number of aryl methyl sites for hydroxylation is 1. The molecule has 1 aromatic heterocycles. The van der Waals surface area contributed by atoms with E-state index in [2.05, 4.69) is 49.2 Å². The van der Waals surface area contributed by atoms with Crippen LogP contribution in [0.25, 0.3) is 11.0 Å². The molecule has 0 unspecified atom stereocenters. The number of hydrogen-bond donors (Lipinski definition) is 1. The molecule has 0 amide bonds. The lowest BCUT2D eigenvalue weighted by Gasteiger charge is -2.17. The second-order valence-corrected chi connectivity index (χ2v) is 4.96. The molecular formula is C16H24N2O. The van der Waals surface area contributed by atoms with Gasteiger partial charge in [0, 0.05) is 18.5 Å². The van der Waals surface area contributed by atoms with Gasteiger partial charge in [0.25, 0.3) is 0 Å². The van der Waals surface area contributed by atoms with Crippen LogP contribution in [0.15, 0.2) is 28.7 Å². The smallest absolute Gasteiger partial charge is 0.134 e. The Morgan fingerprint density at radius 2 is 1.95 bits per heavy atom.